The Balaban J connectivity index is 0. The minimum Gasteiger partial charge on any atom is -0.443 e. The third kappa shape index (κ3) is 24.5. The predicted molar refractivity (Wildman–Crippen MR) is 62.3 cm³/mol. The summed E-state index contributed by atoms with van der Waals surface area (Å²) in [7, 11) is 4.07. The summed E-state index contributed by atoms with van der Waals surface area (Å²) in [6.45, 7) is 4.49. The summed E-state index contributed by atoms with van der Waals surface area (Å²) in [5.74, 6) is 2.68. The Kier molecular flexibility index (Phi) is 21.3. The van der Waals surface area contributed by atoms with Gasteiger partial charge in [0.2, 0.25) is 0 Å². The van der Waals surface area contributed by atoms with Crippen LogP contribution in [0.2, 0.25) is 0 Å². The molecule has 0 aliphatic heterocycles. The second kappa shape index (κ2) is 17.9. The van der Waals surface area contributed by atoms with Crippen LogP contribution < -0.4 is 0 Å². The van der Waals surface area contributed by atoms with Crippen molar-refractivity contribution in [3.05, 3.63) is 0 Å². The summed E-state index contributed by atoms with van der Waals surface area (Å²) in [6, 6.07) is 0. The van der Waals surface area contributed by atoms with Crippen LogP contribution in [0, 0.1) is 11.5 Å². The summed E-state index contributed by atoms with van der Waals surface area (Å²) in [5.41, 5.74) is 0. The lowest BCUT2D eigenvalue weighted by molar-refractivity contribution is 0.503. The Morgan fingerprint density at radius 3 is 1.62 bits per heavy atom. The molecule has 78 valence electrons. The van der Waals surface area contributed by atoms with Crippen LogP contribution >= 0.6 is 21.6 Å². The molecule has 13 heavy (non-hydrogen) atoms. The number of unbranched alkanes of at least 4 members (excludes halogenated alkanes) is 2. The number of nitriles is 1. The molecule has 0 heterocycles. The molecule has 0 saturated carbocycles. The molecule has 0 radical (unpaired) electrons. The molecular weight excluding hydrogens is 202 g/mol. The highest BCUT2D eigenvalue weighted by atomic mass is 33.1. The molecule has 2 nitrogen and oxygen atoms in total. The standard InChI is InChI=1S/C8H18S2.CHNO/c1-3-5-7-9-10-8-6-4-2;2-1-3/h3-8H2,1-2H3;3H. The van der Waals surface area contributed by atoms with E-state index in [4.69, 9.17) is 10.4 Å². The molecule has 0 bridgehead atoms. The van der Waals surface area contributed by atoms with Crippen LogP contribution in [0.1, 0.15) is 39.5 Å². The number of hydrogen-bond acceptors (Lipinski definition) is 4. The van der Waals surface area contributed by atoms with Crippen molar-refractivity contribution in [3.8, 4) is 6.26 Å². The van der Waals surface area contributed by atoms with E-state index in [0.29, 0.717) is 0 Å². The quantitative estimate of drug-likeness (QED) is 0.403. The van der Waals surface area contributed by atoms with Crippen molar-refractivity contribution < 1.29 is 5.11 Å². The number of aliphatic hydroxyl groups is 1. The van der Waals surface area contributed by atoms with E-state index in [1.807, 2.05) is 21.6 Å². The van der Waals surface area contributed by atoms with E-state index in [0.717, 1.165) is 6.26 Å². The van der Waals surface area contributed by atoms with Crippen molar-refractivity contribution in [2.24, 2.45) is 0 Å². The maximum Gasteiger partial charge on any atom is 0.283 e. The number of aliphatic hydroxyl groups excluding tert-OH is 1. The Morgan fingerprint density at radius 1 is 1.08 bits per heavy atom. The normalized spacial score (nSPS) is 8.38. The van der Waals surface area contributed by atoms with Gasteiger partial charge in [0.05, 0.1) is 0 Å². The SMILES string of the molecule is CCCCSSCCCC.N#CO. The highest BCUT2D eigenvalue weighted by Gasteiger charge is 1.88. The van der Waals surface area contributed by atoms with Gasteiger partial charge >= 0.3 is 0 Å². The van der Waals surface area contributed by atoms with E-state index in [1.54, 1.807) is 0 Å². The van der Waals surface area contributed by atoms with Crippen LogP contribution in [0.5, 0.6) is 0 Å². The predicted octanol–water partition coefficient (Wildman–Crippen LogP) is 3.81. The van der Waals surface area contributed by atoms with Gasteiger partial charge in [0.1, 0.15) is 0 Å². The van der Waals surface area contributed by atoms with Crippen molar-refractivity contribution in [1.82, 2.24) is 0 Å². The second-order valence-electron chi connectivity index (χ2n) is 2.45. The van der Waals surface area contributed by atoms with Crippen molar-refractivity contribution in [1.29, 1.82) is 5.26 Å². The van der Waals surface area contributed by atoms with Gasteiger partial charge in [0.15, 0.2) is 0 Å². The Morgan fingerprint density at radius 2 is 1.38 bits per heavy atom. The minimum atomic E-state index is 0.750. The Labute approximate surface area is 89.5 Å². The zero-order valence-electron chi connectivity index (χ0n) is 8.45. The van der Waals surface area contributed by atoms with Gasteiger partial charge in [-0.25, -0.2) is 0 Å². The fraction of sp³-hybridized carbons (Fsp3) is 0.889. The second-order valence-corrected chi connectivity index (χ2v) is 5.15. The third-order valence-corrected chi connectivity index (χ3v) is 3.82. The van der Waals surface area contributed by atoms with Gasteiger partial charge in [-0.15, -0.1) is 0 Å². The van der Waals surface area contributed by atoms with Crippen LogP contribution in [0.4, 0.5) is 0 Å². The molecular formula is C9H19NOS2. The monoisotopic (exact) mass is 221 g/mol. The first-order valence-electron chi connectivity index (χ1n) is 4.61. The molecule has 0 amide bonds. The zero-order chi connectivity index (χ0) is 10.4. The summed E-state index contributed by atoms with van der Waals surface area (Å²) >= 11 is 0. The lowest BCUT2D eigenvalue weighted by atomic mass is 10.4. The topological polar surface area (TPSA) is 44.0 Å². The first-order chi connectivity index (χ1) is 6.33. The van der Waals surface area contributed by atoms with Crippen molar-refractivity contribution in [2.45, 2.75) is 39.5 Å². The summed E-state index contributed by atoms with van der Waals surface area (Å²) in [6.07, 6.45) is 6.18. The van der Waals surface area contributed by atoms with Gasteiger partial charge in [0.25, 0.3) is 6.26 Å². The molecule has 0 spiro atoms. The average Bonchev–Trinajstić information content (AvgIpc) is 2.13. The van der Waals surface area contributed by atoms with Crippen molar-refractivity contribution >= 4 is 21.6 Å². The minimum absolute atomic E-state index is 0.750. The number of nitrogens with zero attached hydrogens (tertiary/aromatic N) is 1. The van der Waals surface area contributed by atoms with E-state index in [-0.39, 0.29) is 0 Å². The van der Waals surface area contributed by atoms with E-state index in [2.05, 4.69) is 13.8 Å². The summed E-state index contributed by atoms with van der Waals surface area (Å²) in [4.78, 5) is 0. The highest BCUT2D eigenvalue weighted by Crippen LogP contribution is 2.23. The lowest BCUT2D eigenvalue weighted by Gasteiger charge is -1.97. The summed E-state index contributed by atoms with van der Waals surface area (Å²) < 4.78 is 0. The number of rotatable bonds is 7. The van der Waals surface area contributed by atoms with E-state index in [9.17, 15) is 0 Å². The van der Waals surface area contributed by atoms with Crippen LogP contribution in [0.25, 0.3) is 0 Å². The molecule has 0 aromatic rings. The van der Waals surface area contributed by atoms with E-state index < -0.39 is 0 Å². The maximum atomic E-state index is 6.88. The molecule has 0 aromatic carbocycles. The molecule has 0 fully saturated rings. The summed E-state index contributed by atoms with van der Waals surface area (Å²) in [5, 5.41) is 13.8. The smallest absolute Gasteiger partial charge is 0.283 e. The molecule has 4 heteroatoms. The zero-order valence-corrected chi connectivity index (χ0v) is 10.1. The molecule has 0 atom stereocenters. The van der Waals surface area contributed by atoms with Crippen molar-refractivity contribution in [3.63, 3.8) is 0 Å². The van der Waals surface area contributed by atoms with Crippen LogP contribution in [-0.4, -0.2) is 16.6 Å². The molecule has 1 N–H and O–H groups in total. The first kappa shape index (κ1) is 15.5. The molecule has 0 aromatic heterocycles. The van der Waals surface area contributed by atoms with Crippen molar-refractivity contribution in [2.75, 3.05) is 11.5 Å². The van der Waals surface area contributed by atoms with Gasteiger partial charge in [-0.1, -0.05) is 48.3 Å². The van der Waals surface area contributed by atoms with Crippen LogP contribution in [0.15, 0.2) is 0 Å². The molecule has 0 saturated heterocycles. The number of hydrogen-bond donors (Lipinski definition) is 1. The maximum absolute atomic E-state index is 6.88. The van der Waals surface area contributed by atoms with Crippen LogP contribution in [-0.2, 0) is 0 Å². The third-order valence-electron chi connectivity index (χ3n) is 1.25. The molecule has 0 aliphatic carbocycles. The van der Waals surface area contributed by atoms with Gasteiger partial charge in [0, 0.05) is 11.5 Å². The van der Waals surface area contributed by atoms with Gasteiger partial charge in [-0.2, -0.15) is 5.26 Å². The van der Waals surface area contributed by atoms with Gasteiger partial charge in [-0.05, 0) is 12.8 Å². The van der Waals surface area contributed by atoms with Crippen LogP contribution in [0.3, 0.4) is 0 Å². The molecule has 0 rings (SSSR count). The fourth-order valence-corrected chi connectivity index (χ4v) is 2.99. The largest absolute Gasteiger partial charge is 0.443 e. The van der Waals surface area contributed by atoms with Gasteiger partial charge < -0.3 is 5.11 Å². The highest BCUT2D eigenvalue weighted by molar-refractivity contribution is 8.76. The molecule has 0 aliphatic rings. The average molecular weight is 221 g/mol. The van der Waals surface area contributed by atoms with E-state index >= 15 is 0 Å². The lowest BCUT2D eigenvalue weighted by Crippen LogP contribution is -1.76. The van der Waals surface area contributed by atoms with E-state index in [1.165, 1.54) is 37.2 Å². The first-order valence-corrected chi connectivity index (χ1v) is 7.09. The Hall–Kier alpha value is -0.0100. The van der Waals surface area contributed by atoms with Gasteiger partial charge in [-0.3, -0.25) is 0 Å². The molecule has 0 unspecified atom stereocenters. The Bertz CT molecular complexity index is 107. The fourth-order valence-electron chi connectivity index (χ4n) is 0.524.